The number of halogens is 1. The lowest BCUT2D eigenvalue weighted by Crippen LogP contribution is -1.96. The average molecular weight is 245 g/mol. The highest BCUT2D eigenvalue weighted by molar-refractivity contribution is 5.54. The van der Waals surface area contributed by atoms with Crippen LogP contribution in [-0.2, 0) is 0 Å². The van der Waals surface area contributed by atoms with E-state index in [9.17, 15) is 4.39 Å². The molecule has 0 unspecified atom stereocenters. The van der Waals surface area contributed by atoms with E-state index in [1.54, 1.807) is 18.2 Å². The van der Waals surface area contributed by atoms with Gasteiger partial charge in [0.05, 0.1) is 5.69 Å². The van der Waals surface area contributed by atoms with Crippen LogP contribution in [0.4, 0.5) is 10.1 Å². The van der Waals surface area contributed by atoms with E-state index in [4.69, 9.17) is 10.5 Å². The van der Waals surface area contributed by atoms with E-state index < -0.39 is 5.82 Å². The largest absolute Gasteiger partial charge is 0.452 e. The van der Waals surface area contributed by atoms with Crippen LogP contribution in [0.25, 0.3) is 0 Å². The first kappa shape index (κ1) is 12.4. The van der Waals surface area contributed by atoms with Crippen LogP contribution in [0.3, 0.4) is 0 Å². The molecule has 2 aromatic carbocycles. The predicted octanol–water partition coefficient (Wildman–Crippen LogP) is 4.32. The zero-order valence-corrected chi connectivity index (χ0v) is 10.5. The number of benzene rings is 2. The predicted molar refractivity (Wildman–Crippen MR) is 71.4 cm³/mol. The Hall–Kier alpha value is -2.03. The average Bonchev–Trinajstić information content (AvgIpc) is 2.34. The van der Waals surface area contributed by atoms with Gasteiger partial charge in [-0.25, -0.2) is 4.39 Å². The molecule has 0 spiro atoms. The fourth-order valence-electron chi connectivity index (χ4n) is 1.69. The summed E-state index contributed by atoms with van der Waals surface area (Å²) in [5.74, 6) is 0.618. The monoisotopic (exact) mass is 245 g/mol. The van der Waals surface area contributed by atoms with Gasteiger partial charge in [0.2, 0.25) is 0 Å². The summed E-state index contributed by atoms with van der Waals surface area (Å²) in [7, 11) is 0. The summed E-state index contributed by atoms with van der Waals surface area (Å²) < 4.78 is 19.1. The summed E-state index contributed by atoms with van der Waals surface area (Å²) >= 11 is 0. The Labute approximate surface area is 106 Å². The summed E-state index contributed by atoms with van der Waals surface area (Å²) in [6.45, 7) is 4.19. The molecular formula is C15H16FNO. The molecule has 2 nitrogen and oxygen atoms in total. The second kappa shape index (κ2) is 5.08. The second-order valence-electron chi connectivity index (χ2n) is 4.49. The molecule has 0 saturated heterocycles. The third-order valence-corrected chi connectivity index (χ3v) is 2.74. The van der Waals surface area contributed by atoms with E-state index in [0.717, 1.165) is 5.56 Å². The Morgan fingerprint density at radius 2 is 1.83 bits per heavy atom. The number of ether oxygens (including phenoxy) is 1. The molecule has 0 aliphatic heterocycles. The summed E-state index contributed by atoms with van der Waals surface area (Å²) in [4.78, 5) is 0. The molecule has 0 atom stereocenters. The smallest absolute Gasteiger partial charge is 0.185 e. The number of nitrogens with two attached hydrogens (primary N) is 1. The van der Waals surface area contributed by atoms with Crippen molar-refractivity contribution in [2.24, 2.45) is 0 Å². The van der Waals surface area contributed by atoms with Crippen LogP contribution in [0.1, 0.15) is 25.3 Å². The zero-order valence-electron chi connectivity index (χ0n) is 10.5. The van der Waals surface area contributed by atoms with E-state index in [1.807, 2.05) is 18.2 Å². The Bertz CT molecular complexity index is 532. The van der Waals surface area contributed by atoms with Crippen molar-refractivity contribution in [3.8, 4) is 11.5 Å². The molecule has 0 aliphatic rings. The maximum Gasteiger partial charge on any atom is 0.185 e. The van der Waals surface area contributed by atoms with Crippen molar-refractivity contribution in [3.63, 3.8) is 0 Å². The topological polar surface area (TPSA) is 35.2 Å². The molecule has 2 N–H and O–H groups in total. The summed E-state index contributed by atoms with van der Waals surface area (Å²) in [6.07, 6.45) is 0. The lowest BCUT2D eigenvalue weighted by atomic mass is 10.0. The molecule has 0 heterocycles. The second-order valence-corrected chi connectivity index (χ2v) is 4.49. The first-order chi connectivity index (χ1) is 8.58. The van der Waals surface area contributed by atoms with Crippen LogP contribution in [0, 0.1) is 5.82 Å². The minimum atomic E-state index is -0.454. The van der Waals surface area contributed by atoms with Crippen molar-refractivity contribution in [1.82, 2.24) is 0 Å². The normalized spacial score (nSPS) is 10.7. The van der Waals surface area contributed by atoms with Crippen LogP contribution in [0.15, 0.2) is 42.5 Å². The van der Waals surface area contributed by atoms with Gasteiger partial charge in [0, 0.05) is 0 Å². The molecule has 0 saturated carbocycles. The molecule has 18 heavy (non-hydrogen) atoms. The van der Waals surface area contributed by atoms with Gasteiger partial charge in [0.15, 0.2) is 11.6 Å². The van der Waals surface area contributed by atoms with Crippen molar-refractivity contribution in [3.05, 3.63) is 53.8 Å². The molecule has 2 aromatic rings. The highest BCUT2D eigenvalue weighted by Gasteiger charge is 2.09. The van der Waals surface area contributed by atoms with Gasteiger partial charge in [-0.3, -0.25) is 0 Å². The van der Waals surface area contributed by atoms with Crippen molar-refractivity contribution in [2.45, 2.75) is 19.8 Å². The zero-order chi connectivity index (χ0) is 13.1. The third-order valence-electron chi connectivity index (χ3n) is 2.74. The van der Waals surface area contributed by atoms with Gasteiger partial charge in [-0.2, -0.15) is 0 Å². The number of para-hydroxylation sites is 1. The van der Waals surface area contributed by atoms with Gasteiger partial charge in [0.25, 0.3) is 0 Å². The lowest BCUT2D eigenvalue weighted by Gasteiger charge is -2.11. The van der Waals surface area contributed by atoms with Crippen molar-refractivity contribution in [1.29, 1.82) is 0 Å². The number of hydrogen-bond donors (Lipinski definition) is 1. The number of nitrogen functional groups attached to an aromatic ring is 1. The molecule has 0 aliphatic carbocycles. The summed E-state index contributed by atoms with van der Waals surface area (Å²) in [5, 5.41) is 0. The fourth-order valence-corrected chi connectivity index (χ4v) is 1.69. The first-order valence-corrected chi connectivity index (χ1v) is 5.89. The van der Waals surface area contributed by atoms with E-state index >= 15 is 0 Å². The standard InChI is InChI=1S/C15H16FNO/c1-10(2)11-5-3-6-12(9-11)18-15-13(16)7-4-8-14(15)17/h3-10H,17H2,1-2H3. The Morgan fingerprint density at radius 3 is 2.50 bits per heavy atom. The van der Waals surface area contributed by atoms with Gasteiger partial charge >= 0.3 is 0 Å². The van der Waals surface area contributed by atoms with Gasteiger partial charge < -0.3 is 10.5 Å². The highest BCUT2D eigenvalue weighted by Crippen LogP contribution is 2.31. The van der Waals surface area contributed by atoms with Crippen molar-refractivity contribution >= 4 is 5.69 Å². The van der Waals surface area contributed by atoms with Crippen LogP contribution in [0.2, 0.25) is 0 Å². The third kappa shape index (κ3) is 2.62. The minimum Gasteiger partial charge on any atom is -0.452 e. The molecule has 2 rings (SSSR count). The number of hydrogen-bond acceptors (Lipinski definition) is 2. The van der Waals surface area contributed by atoms with Crippen LogP contribution >= 0.6 is 0 Å². The molecule has 0 bridgehead atoms. The van der Waals surface area contributed by atoms with Crippen LogP contribution in [0.5, 0.6) is 11.5 Å². The minimum absolute atomic E-state index is 0.0819. The van der Waals surface area contributed by atoms with E-state index in [2.05, 4.69) is 13.8 Å². The van der Waals surface area contributed by atoms with Gasteiger partial charge in [-0.05, 0) is 35.7 Å². The molecule has 0 aromatic heterocycles. The SMILES string of the molecule is CC(C)c1cccc(Oc2c(N)cccc2F)c1. The van der Waals surface area contributed by atoms with Gasteiger partial charge in [-0.1, -0.05) is 32.0 Å². The van der Waals surface area contributed by atoms with E-state index in [-0.39, 0.29) is 5.75 Å². The molecular weight excluding hydrogens is 229 g/mol. The van der Waals surface area contributed by atoms with Crippen LogP contribution < -0.4 is 10.5 Å². The molecule has 94 valence electrons. The summed E-state index contributed by atoms with van der Waals surface area (Å²) in [6, 6.07) is 12.1. The van der Waals surface area contributed by atoms with Crippen LogP contribution in [-0.4, -0.2) is 0 Å². The van der Waals surface area contributed by atoms with E-state index in [1.165, 1.54) is 6.07 Å². The van der Waals surface area contributed by atoms with E-state index in [0.29, 0.717) is 17.4 Å². The molecule has 0 fully saturated rings. The fraction of sp³-hybridized carbons (Fsp3) is 0.200. The Balaban J connectivity index is 2.31. The number of rotatable bonds is 3. The van der Waals surface area contributed by atoms with Gasteiger partial charge in [-0.15, -0.1) is 0 Å². The van der Waals surface area contributed by atoms with Gasteiger partial charge in [0.1, 0.15) is 5.75 Å². The van der Waals surface area contributed by atoms with Crippen molar-refractivity contribution < 1.29 is 9.13 Å². The Morgan fingerprint density at radius 1 is 1.11 bits per heavy atom. The highest BCUT2D eigenvalue weighted by atomic mass is 19.1. The molecule has 0 radical (unpaired) electrons. The Kier molecular flexibility index (Phi) is 3.51. The maximum absolute atomic E-state index is 13.6. The molecule has 0 amide bonds. The quantitative estimate of drug-likeness (QED) is 0.817. The number of anilines is 1. The van der Waals surface area contributed by atoms with Crippen molar-refractivity contribution in [2.75, 3.05) is 5.73 Å². The molecule has 3 heteroatoms. The first-order valence-electron chi connectivity index (χ1n) is 5.89. The maximum atomic E-state index is 13.6. The lowest BCUT2D eigenvalue weighted by molar-refractivity contribution is 0.444. The summed E-state index contributed by atoms with van der Waals surface area (Å²) in [5.41, 5.74) is 7.14.